The Kier molecular flexibility index (Phi) is 2.60. The van der Waals surface area contributed by atoms with E-state index in [1.807, 2.05) is 24.3 Å². The molecule has 0 radical (unpaired) electrons. The van der Waals surface area contributed by atoms with Crippen molar-refractivity contribution in [1.82, 2.24) is 9.36 Å². The van der Waals surface area contributed by atoms with Crippen LogP contribution in [0.1, 0.15) is 24.6 Å². The van der Waals surface area contributed by atoms with Crippen molar-refractivity contribution < 1.29 is 9.84 Å². The normalized spacial score (nSPS) is 14.6. The molecule has 4 nitrogen and oxygen atoms in total. The largest absolute Gasteiger partial charge is 0.508 e. The molecule has 4 rings (SSSR count). The number of phenols is 1. The van der Waals surface area contributed by atoms with Gasteiger partial charge in [0.25, 0.3) is 5.19 Å². The molecule has 1 N–H and O–H groups in total. The summed E-state index contributed by atoms with van der Waals surface area (Å²) in [5, 5.41) is 12.1. The van der Waals surface area contributed by atoms with Gasteiger partial charge in [0, 0.05) is 17.5 Å². The van der Waals surface area contributed by atoms with Crippen LogP contribution in [0.5, 0.6) is 16.7 Å². The fraction of sp³-hybridized carbons (Fsp3) is 0.200. The molecule has 0 atom stereocenters. The molecule has 0 spiro atoms. The van der Waals surface area contributed by atoms with Crippen molar-refractivity contribution >= 4 is 22.3 Å². The highest BCUT2D eigenvalue weighted by Gasteiger charge is 2.28. The molecule has 0 amide bonds. The van der Waals surface area contributed by atoms with Crippen molar-refractivity contribution in [2.24, 2.45) is 0 Å². The summed E-state index contributed by atoms with van der Waals surface area (Å²) in [6.45, 7) is 0. The Balaban J connectivity index is 1.63. The van der Waals surface area contributed by atoms with Gasteiger partial charge in [-0.15, -0.1) is 0 Å². The van der Waals surface area contributed by atoms with Crippen LogP contribution in [0.4, 0.5) is 0 Å². The third-order valence-corrected chi connectivity index (χ3v) is 3.98. The molecule has 1 heterocycles. The lowest BCUT2D eigenvalue weighted by molar-refractivity contribution is 0.475. The predicted octanol–water partition coefficient (Wildman–Crippen LogP) is 4.07. The summed E-state index contributed by atoms with van der Waals surface area (Å²) in [6, 6.07) is 11.0. The minimum atomic E-state index is 0.251. The number of ether oxygens (including phenoxy) is 1. The van der Waals surface area contributed by atoms with Crippen LogP contribution in [0.3, 0.4) is 0 Å². The monoisotopic (exact) mass is 284 g/mol. The first-order valence-corrected chi connectivity index (χ1v) is 7.29. The minimum Gasteiger partial charge on any atom is -0.508 e. The predicted molar refractivity (Wildman–Crippen MR) is 77.6 cm³/mol. The lowest BCUT2D eigenvalue weighted by Gasteiger charge is -2.03. The van der Waals surface area contributed by atoms with Gasteiger partial charge >= 0.3 is 0 Å². The second kappa shape index (κ2) is 4.45. The summed E-state index contributed by atoms with van der Waals surface area (Å²) >= 11 is 1.29. The zero-order valence-corrected chi connectivity index (χ0v) is 11.4. The summed E-state index contributed by atoms with van der Waals surface area (Å²) < 4.78 is 10.1. The zero-order chi connectivity index (χ0) is 13.5. The highest BCUT2D eigenvalue weighted by atomic mass is 32.1. The van der Waals surface area contributed by atoms with Crippen molar-refractivity contribution in [2.45, 2.75) is 18.8 Å². The van der Waals surface area contributed by atoms with E-state index in [4.69, 9.17) is 4.74 Å². The average molecular weight is 284 g/mol. The van der Waals surface area contributed by atoms with E-state index in [0.29, 0.717) is 16.9 Å². The van der Waals surface area contributed by atoms with E-state index in [1.54, 1.807) is 12.1 Å². The average Bonchev–Trinajstić information content (AvgIpc) is 3.19. The second-order valence-electron chi connectivity index (χ2n) is 4.99. The molecular formula is C15H12N2O2S. The van der Waals surface area contributed by atoms with Crippen LogP contribution in [0.25, 0.3) is 10.8 Å². The summed E-state index contributed by atoms with van der Waals surface area (Å²) in [5.41, 5.74) is 0. The number of hydrogen-bond acceptors (Lipinski definition) is 5. The Morgan fingerprint density at radius 3 is 2.80 bits per heavy atom. The Bertz CT molecular complexity index is 780. The molecule has 0 saturated heterocycles. The molecule has 20 heavy (non-hydrogen) atoms. The standard InChI is InChI=1S/C15H12N2O2S/c18-12-5-3-9-4-6-13(8-11(9)7-12)19-15-16-14(17-20-15)10-1-2-10/h3-8,10,18H,1-2H2. The molecule has 1 fully saturated rings. The number of benzene rings is 2. The third-order valence-electron chi connectivity index (χ3n) is 3.37. The lowest BCUT2D eigenvalue weighted by Crippen LogP contribution is -1.85. The Hall–Kier alpha value is -2.14. The number of hydrogen-bond donors (Lipinski definition) is 1. The van der Waals surface area contributed by atoms with Gasteiger partial charge in [0.15, 0.2) is 0 Å². The molecule has 2 aromatic carbocycles. The van der Waals surface area contributed by atoms with Crippen molar-refractivity contribution in [3.8, 4) is 16.7 Å². The number of fused-ring (bicyclic) bond motifs is 1. The first-order valence-electron chi connectivity index (χ1n) is 6.52. The van der Waals surface area contributed by atoms with Crippen LogP contribution in [-0.2, 0) is 0 Å². The van der Waals surface area contributed by atoms with Crippen LogP contribution >= 0.6 is 11.5 Å². The topological polar surface area (TPSA) is 55.2 Å². The Morgan fingerprint density at radius 1 is 1.10 bits per heavy atom. The molecule has 100 valence electrons. The summed E-state index contributed by atoms with van der Waals surface area (Å²) in [6.07, 6.45) is 2.37. The van der Waals surface area contributed by atoms with E-state index < -0.39 is 0 Å². The van der Waals surface area contributed by atoms with Crippen LogP contribution in [0, 0.1) is 0 Å². The van der Waals surface area contributed by atoms with Gasteiger partial charge in [-0.2, -0.15) is 9.36 Å². The first-order chi connectivity index (χ1) is 9.78. The molecule has 3 aromatic rings. The SMILES string of the molecule is Oc1ccc2ccc(Oc3nc(C4CC4)ns3)cc2c1. The number of aromatic hydroxyl groups is 1. The van der Waals surface area contributed by atoms with E-state index in [-0.39, 0.29) is 5.75 Å². The van der Waals surface area contributed by atoms with E-state index in [0.717, 1.165) is 16.6 Å². The first kappa shape index (κ1) is 11.7. The number of aromatic nitrogens is 2. The van der Waals surface area contributed by atoms with Gasteiger partial charge in [0.05, 0.1) is 0 Å². The number of rotatable bonds is 3. The number of phenolic OH excluding ortho intramolecular Hbond substituents is 1. The van der Waals surface area contributed by atoms with E-state index in [2.05, 4.69) is 9.36 Å². The Labute approximate surface area is 119 Å². The second-order valence-corrected chi connectivity index (χ2v) is 5.70. The van der Waals surface area contributed by atoms with Gasteiger partial charge in [-0.1, -0.05) is 12.1 Å². The maximum atomic E-state index is 9.52. The van der Waals surface area contributed by atoms with Crippen LogP contribution < -0.4 is 4.74 Å². The summed E-state index contributed by atoms with van der Waals surface area (Å²) in [5.74, 6) is 2.41. The smallest absolute Gasteiger partial charge is 0.298 e. The van der Waals surface area contributed by atoms with Crippen LogP contribution in [0.15, 0.2) is 36.4 Å². The fourth-order valence-corrected chi connectivity index (χ4v) is 2.77. The van der Waals surface area contributed by atoms with Crippen molar-refractivity contribution in [3.63, 3.8) is 0 Å². The number of nitrogens with zero attached hydrogens (tertiary/aromatic N) is 2. The third kappa shape index (κ3) is 2.20. The molecule has 5 heteroatoms. The highest BCUT2D eigenvalue weighted by molar-refractivity contribution is 7.07. The maximum absolute atomic E-state index is 9.52. The molecule has 0 bridgehead atoms. The maximum Gasteiger partial charge on any atom is 0.298 e. The summed E-state index contributed by atoms with van der Waals surface area (Å²) in [7, 11) is 0. The van der Waals surface area contributed by atoms with Crippen molar-refractivity contribution in [1.29, 1.82) is 0 Å². The summed E-state index contributed by atoms with van der Waals surface area (Å²) in [4.78, 5) is 4.40. The van der Waals surface area contributed by atoms with Crippen molar-refractivity contribution in [2.75, 3.05) is 0 Å². The van der Waals surface area contributed by atoms with Crippen molar-refractivity contribution in [3.05, 3.63) is 42.2 Å². The van der Waals surface area contributed by atoms with Gasteiger partial charge < -0.3 is 9.84 Å². The van der Waals surface area contributed by atoms with Crippen LogP contribution in [0.2, 0.25) is 0 Å². The Morgan fingerprint density at radius 2 is 1.95 bits per heavy atom. The van der Waals surface area contributed by atoms with Gasteiger partial charge in [0.1, 0.15) is 17.3 Å². The highest BCUT2D eigenvalue weighted by Crippen LogP contribution is 2.40. The van der Waals surface area contributed by atoms with Gasteiger partial charge in [0.2, 0.25) is 0 Å². The molecule has 1 saturated carbocycles. The molecule has 0 unspecified atom stereocenters. The molecule has 1 aromatic heterocycles. The molecule has 0 aliphatic heterocycles. The van der Waals surface area contributed by atoms with Crippen LogP contribution in [-0.4, -0.2) is 14.5 Å². The quantitative estimate of drug-likeness (QED) is 0.787. The lowest BCUT2D eigenvalue weighted by atomic mass is 10.1. The van der Waals surface area contributed by atoms with Gasteiger partial charge in [-0.05, 0) is 47.9 Å². The molecule has 1 aliphatic carbocycles. The van der Waals surface area contributed by atoms with E-state index >= 15 is 0 Å². The van der Waals surface area contributed by atoms with E-state index in [1.165, 1.54) is 24.4 Å². The fourth-order valence-electron chi connectivity index (χ4n) is 2.15. The van der Waals surface area contributed by atoms with E-state index in [9.17, 15) is 5.11 Å². The minimum absolute atomic E-state index is 0.251. The van der Waals surface area contributed by atoms with Gasteiger partial charge in [-0.3, -0.25) is 0 Å². The molecule has 1 aliphatic rings. The molecular weight excluding hydrogens is 272 g/mol. The van der Waals surface area contributed by atoms with Gasteiger partial charge in [-0.25, -0.2) is 0 Å². The zero-order valence-electron chi connectivity index (χ0n) is 10.6.